The number of nitrogens with one attached hydrogen (secondary N) is 1. The molecule has 1 aromatic heterocycles. The lowest BCUT2D eigenvalue weighted by Gasteiger charge is -2.15. The molecule has 0 saturated carbocycles. The minimum absolute atomic E-state index is 0.134. The van der Waals surface area contributed by atoms with E-state index in [0.717, 1.165) is 11.3 Å². The highest BCUT2D eigenvalue weighted by Crippen LogP contribution is 2.27. The van der Waals surface area contributed by atoms with Crippen LogP contribution in [0.15, 0.2) is 62.1 Å². The average molecular weight is 268 g/mol. The number of allylic oxidation sites excluding steroid dienone is 1. The normalized spacial score (nSPS) is 11.6. The van der Waals surface area contributed by atoms with Gasteiger partial charge in [-0.2, -0.15) is 0 Å². The molecular formula is C16H16N2O2. The number of carbonyl (C=O) groups excluding carboxylic acids is 1. The van der Waals surface area contributed by atoms with Crippen molar-refractivity contribution in [2.75, 3.05) is 6.61 Å². The minimum atomic E-state index is -0.369. The van der Waals surface area contributed by atoms with Gasteiger partial charge in [0.1, 0.15) is 6.61 Å². The van der Waals surface area contributed by atoms with Crippen LogP contribution in [0.25, 0.3) is 0 Å². The Morgan fingerprint density at radius 3 is 2.85 bits per heavy atom. The van der Waals surface area contributed by atoms with Gasteiger partial charge in [0.25, 0.3) is 0 Å². The topological polar surface area (TPSA) is 55.0 Å². The van der Waals surface area contributed by atoms with Crippen molar-refractivity contribution < 1.29 is 9.53 Å². The summed E-state index contributed by atoms with van der Waals surface area (Å²) in [7, 11) is 0. The third-order valence-electron chi connectivity index (χ3n) is 2.94. The number of benzene rings is 1. The second-order valence-corrected chi connectivity index (χ2v) is 4.19. The molecule has 20 heavy (non-hydrogen) atoms. The Hall–Kier alpha value is -2.62. The summed E-state index contributed by atoms with van der Waals surface area (Å²) in [5.41, 5.74) is 2.23. The second-order valence-electron chi connectivity index (χ2n) is 4.19. The second kappa shape index (κ2) is 6.52. The smallest absolute Gasteiger partial charge is 0.338 e. The molecule has 0 aliphatic heterocycles. The molecule has 2 aromatic rings. The molecule has 4 nitrogen and oxygen atoms in total. The quantitative estimate of drug-likeness (QED) is 0.647. The van der Waals surface area contributed by atoms with Gasteiger partial charge in [0.2, 0.25) is 0 Å². The van der Waals surface area contributed by atoms with Crippen LogP contribution in [-0.2, 0) is 4.74 Å². The van der Waals surface area contributed by atoms with Crippen LogP contribution in [-0.4, -0.2) is 22.5 Å². The number of imidazole rings is 1. The summed E-state index contributed by atoms with van der Waals surface area (Å²) in [4.78, 5) is 19.1. The summed E-state index contributed by atoms with van der Waals surface area (Å²) in [5, 5.41) is 0. The van der Waals surface area contributed by atoms with Crippen molar-refractivity contribution in [3.8, 4) is 0 Å². The standard InChI is InChI=1S/C16H16N2O2/c1-3-9-20-16(19)14-8-6-5-7-13(14)12(4-2)15-10-17-11-18-15/h3-8,10-12H,1-2,9H2,(H,17,18). The van der Waals surface area contributed by atoms with Gasteiger partial charge in [-0.15, -0.1) is 6.58 Å². The van der Waals surface area contributed by atoms with Crippen molar-refractivity contribution in [1.29, 1.82) is 0 Å². The van der Waals surface area contributed by atoms with E-state index in [2.05, 4.69) is 23.1 Å². The number of nitrogens with zero attached hydrogens (tertiary/aromatic N) is 1. The van der Waals surface area contributed by atoms with Crippen LogP contribution in [0.3, 0.4) is 0 Å². The average Bonchev–Trinajstić information content (AvgIpc) is 3.00. The summed E-state index contributed by atoms with van der Waals surface area (Å²) in [6, 6.07) is 7.32. The molecule has 1 N–H and O–H groups in total. The maximum atomic E-state index is 12.1. The highest BCUT2D eigenvalue weighted by molar-refractivity contribution is 5.91. The molecule has 0 saturated heterocycles. The van der Waals surface area contributed by atoms with Crippen LogP contribution in [0.5, 0.6) is 0 Å². The number of H-pyrrole nitrogens is 1. The van der Waals surface area contributed by atoms with Crippen LogP contribution < -0.4 is 0 Å². The largest absolute Gasteiger partial charge is 0.458 e. The molecule has 0 radical (unpaired) electrons. The van der Waals surface area contributed by atoms with Gasteiger partial charge >= 0.3 is 5.97 Å². The number of aromatic amines is 1. The van der Waals surface area contributed by atoms with Crippen molar-refractivity contribution in [2.24, 2.45) is 0 Å². The third-order valence-corrected chi connectivity index (χ3v) is 2.94. The van der Waals surface area contributed by atoms with Gasteiger partial charge in [-0.3, -0.25) is 0 Å². The number of esters is 1. The van der Waals surface area contributed by atoms with Crippen LogP contribution in [0.4, 0.5) is 0 Å². The van der Waals surface area contributed by atoms with Gasteiger partial charge in [0.05, 0.1) is 11.9 Å². The predicted octanol–water partition coefficient (Wildman–Crippen LogP) is 3.07. The Balaban J connectivity index is 2.38. The fraction of sp³-hybridized carbons (Fsp3) is 0.125. The third kappa shape index (κ3) is 2.85. The summed E-state index contributed by atoms with van der Waals surface area (Å²) in [5.74, 6) is -0.503. The molecule has 1 atom stereocenters. The number of hydrogen-bond acceptors (Lipinski definition) is 3. The van der Waals surface area contributed by atoms with E-state index in [1.54, 1.807) is 36.8 Å². The SMILES string of the molecule is C=CCOC(=O)c1ccccc1C(C=C)c1cnc[nH]1. The molecule has 0 spiro atoms. The highest BCUT2D eigenvalue weighted by Gasteiger charge is 2.19. The zero-order valence-electron chi connectivity index (χ0n) is 11.1. The lowest BCUT2D eigenvalue weighted by molar-refractivity contribution is 0.0548. The van der Waals surface area contributed by atoms with Crippen molar-refractivity contribution in [3.63, 3.8) is 0 Å². The molecule has 2 rings (SSSR count). The van der Waals surface area contributed by atoms with Crippen molar-refractivity contribution in [3.05, 3.63) is 78.9 Å². The zero-order chi connectivity index (χ0) is 14.4. The number of ether oxygens (including phenoxy) is 1. The fourth-order valence-corrected chi connectivity index (χ4v) is 2.02. The van der Waals surface area contributed by atoms with Crippen LogP contribution in [0.2, 0.25) is 0 Å². The highest BCUT2D eigenvalue weighted by atomic mass is 16.5. The van der Waals surface area contributed by atoms with Gasteiger partial charge in [0, 0.05) is 17.8 Å². The summed E-state index contributed by atoms with van der Waals surface area (Å²) >= 11 is 0. The lowest BCUT2D eigenvalue weighted by Crippen LogP contribution is -2.11. The number of hydrogen-bond donors (Lipinski definition) is 1. The van der Waals surface area contributed by atoms with E-state index in [9.17, 15) is 4.79 Å². The van der Waals surface area contributed by atoms with Gasteiger partial charge in [0.15, 0.2) is 0 Å². The van der Waals surface area contributed by atoms with E-state index in [1.165, 1.54) is 0 Å². The molecule has 1 unspecified atom stereocenters. The fourth-order valence-electron chi connectivity index (χ4n) is 2.02. The van der Waals surface area contributed by atoms with Crippen molar-refractivity contribution in [1.82, 2.24) is 9.97 Å². The zero-order valence-corrected chi connectivity index (χ0v) is 11.1. The first-order valence-electron chi connectivity index (χ1n) is 6.25. The number of aromatic nitrogens is 2. The maximum Gasteiger partial charge on any atom is 0.338 e. The molecule has 0 amide bonds. The summed E-state index contributed by atoms with van der Waals surface area (Å²) in [6.45, 7) is 7.56. The Morgan fingerprint density at radius 1 is 1.40 bits per heavy atom. The number of rotatable bonds is 6. The molecule has 1 heterocycles. The molecule has 0 aliphatic carbocycles. The molecule has 4 heteroatoms. The molecular weight excluding hydrogens is 252 g/mol. The summed E-state index contributed by atoms with van der Waals surface area (Å²) < 4.78 is 5.11. The monoisotopic (exact) mass is 268 g/mol. The van der Waals surface area contributed by atoms with Gasteiger partial charge in [-0.1, -0.05) is 36.9 Å². The Kier molecular flexibility index (Phi) is 4.50. The van der Waals surface area contributed by atoms with Crippen LogP contribution in [0.1, 0.15) is 27.5 Å². The minimum Gasteiger partial charge on any atom is -0.458 e. The lowest BCUT2D eigenvalue weighted by atomic mass is 9.92. The van der Waals surface area contributed by atoms with E-state index < -0.39 is 0 Å². The van der Waals surface area contributed by atoms with Crippen LogP contribution in [0, 0.1) is 0 Å². The van der Waals surface area contributed by atoms with Gasteiger partial charge in [-0.05, 0) is 11.6 Å². The molecule has 0 aliphatic rings. The van der Waals surface area contributed by atoms with E-state index in [4.69, 9.17) is 4.74 Å². The summed E-state index contributed by atoms with van der Waals surface area (Å²) in [6.07, 6.45) is 6.64. The Labute approximate surface area is 117 Å². The first kappa shape index (κ1) is 13.8. The first-order chi connectivity index (χ1) is 9.77. The van der Waals surface area contributed by atoms with Crippen molar-refractivity contribution >= 4 is 5.97 Å². The maximum absolute atomic E-state index is 12.1. The van der Waals surface area contributed by atoms with Crippen molar-refractivity contribution in [2.45, 2.75) is 5.92 Å². The predicted molar refractivity (Wildman–Crippen MR) is 77.5 cm³/mol. The molecule has 1 aromatic carbocycles. The number of carbonyl (C=O) groups is 1. The van der Waals surface area contributed by atoms with E-state index in [0.29, 0.717) is 5.56 Å². The van der Waals surface area contributed by atoms with E-state index >= 15 is 0 Å². The Morgan fingerprint density at radius 2 is 2.20 bits per heavy atom. The molecule has 0 bridgehead atoms. The first-order valence-corrected chi connectivity index (χ1v) is 6.25. The Bertz CT molecular complexity index is 603. The van der Waals surface area contributed by atoms with E-state index in [-0.39, 0.29) is 18.5 Å². The van der Waals surface area contributed by atoms with Gasteiger partial charge < -0.3 is 9.72 Å². The van der Waals surface area contributed by atoms with Gasteiger partial charge in [-0.25, -0.2) is 9.78 Å². The molecule has 102 valence electrons. The van der Waals surface area contributed by atoms with E-state index in [1.807, 2.05) is 12.1 Å². The van der Waals surface area contributed by atoms with Crippen LogP contribution >= 0.6 is 0 Å². The molecule has 0 fully saturated rings.